The Balaban J connectivity index is 2.02. The summed E-state index contributed by atoms with van der Waals surface area (Å²) in [6.07, 6.45) is -1.75. The molecule has 1 aromatic carbocycles. The van der Waals surface area contributed by atoms with Crippen LogP contribution in [0.1, 0.15) is 38.2 Å². The average Bonchev–Trinajstić information content (AvgIpc) is 3.07. The van der Waals surface area contributed by atoms with Crippen LogP contribution in [0.2, 0.25) is 0 Å². The minimum Gasteiger partial charge on any atom is -0.462 e. The number of benzene rings is 1. The van der Waals surface area contributed by atoms with Crippen LogP contribution in [0.4, 0.5) is 4.79 Å². The third-order valence-corrected chi connectivity index (χ3v) is 5.17. The molecule has 2 aliphatic rings. The molecule has 1 atom stereocenters. The highest BCUT2D eigenvalue weighted by molar-refractivity contribution is 6.22. The summed E-state index contributed by atoms with van der Waals surface area (Å²) in [7, 11) is 2.25. The van der Waals surface area contributed by atoms with Gasteiger partial charge in [-0.25, -0.2) is 9.79 Å². The maximum absolute atomic E-state index is 13.3. The molecule has 1 unspecified atom stereocenters. The zero-order valence-electron chi connectivity index (χ0n) is 17.6. The fraction of sp³-hybridized carbons (Fsp3) is 0.381. The number of aliphatic hydroxyl groups is 1. The molecule has 31 heavy (non-hydrogen) atoms. The Morgan fingerprint density at radius 1 is 1.03 bits per heavy atom. The summed E-state index contributed by atoms with van der Waals surface area (Å²) < 4.78 is 11.6. The number of ether oxygens (including phenoxy) is 1. The van der Waals surface area contributed by atoms with Crippen molar-refractivity contribution in [3.05, 3.63) is 45.8 Å². The van der Waals surface area contributed by atoms with Crippen LogP contribution in [0, 0.1) is 0 Å². The topological polar surface area (TPSA) is 130 Å². The molecule has 0 spiro atoms. The maximum atomic E-state index is 13.3. The number of aliphatic imine (C=N–C) groups is 1. The number of hydrogen-bond acceptors (Lipinski definition) is 8. The van der Waals surface area contributed by atoms with Gasteiger partial charge in [0.2, 0.25) is 5.43 Å². The van der Waals surface area contributed by atoms with Crippen molar-refractivity contribution in [3.8, 4) is 0 Å². The van der Waals surface area contributed by atoms with Crippen molar-refractivity contribution in [2.75, 3.05) is 14.1 Å². The molecule has 162 valence electrons. The van der Waals surface area contributed by atoms with Gasteiger partial charge in [-0.15, -0.1) is 0 Å². The predicted molar refractivity (Wildman–Crippen MR) is 108 cm³/mol. The molecular formula is C21H21N3O7. The molecule has 3 heterocycles. The van der Waals surface area contributed by atoms with E-state index < -0.39 is 40.5 Å². The summed E-state index contributed by atoms with van der Waals surface area (Å²) in [4.78, 5) is 57.0. The number of para-hydroxylation sites is 1. The van der Waals surface area contributed by atoms with Crippen LogP contribution in [0.15, 0.2) is 38.5 Å². The number of likely N-dealkylation sites (N-methyl/N-ethyl adjacent to an activating group) is 2. The van der Waals surface area contributed by atoms with Crippen molar-refractivity contribution >= 4 is 34.7 Å². The molecule has 1 saturated heterocycles. The third-order valence-electron chi connectivity index (χ3n) is 5.17. The van der Waals surface area contributed by atoms with Gasteiger partial charge in [-0.2, -0.15) is 0 Å². The molecule has 0 aliphatic carbocycles. The van der Waals surface area contributed by atoms with E-state index in [4.69, 9.17) is 9.15 Å². The lowest BCUT2D eigenvalue weighted by Crippen LogP contribution is -2.69. The summed E-state index contributed by atoms with van der Waals surface area (Å²) in [5, 5.41) is 11.5. The number of amides is 4. The molecule has 1 fully saturated rings. The van der Waals surface area contributed by atoms with Gasteiger partial charge in [0, 0.05) is 14.1 Å². The van der Waals surface area contributed by atoms with Crippen molar-refractivity contribution in [2.24, 2.45) is 4.99 Å². The summed E-state index contributed by atoms with van der Waals surface area (Å²) in [6.45, 7) is 5.34. The smallest absolute Gasteiger partial charge is 0.333 e. The number of barbiturate groups is 1. The second kappa shape index (κ2) is 6.48. The summed E-state index contributed by atoms with van der Waals surface area (Å²) in [6, 6.07) is 5.51. The highest BCUT2D eigenvalue weighted by Gasteiger charge is 2.64. The first-order valence-corrected chi connectivity index (χ1v) is 9.53. The van der Waals surface area contributed by atoms with Gasteiger partial charge in [0.1, 0.15) is 5.58 Å². The Morgan fingerprint density at radius 2 is 1.61 bits per heavy atom. The van der Waals surface area contributed by atoms with Gasteiger partial charge in [0.05, 0.1) is 16.5 Å². The van der Waals surface area contributed by atoms with E-state index in [0.717, 1.165) is 14.1 Å². The third kappa shape index (κ3) is 2.86. The molecule has 10 heteroatoms. The number of rotatable bonds is 1. The first-order chi connectivity index (χ1) is 14.4. The summed E-state index contributed by atoms with van der Waals surface area (Å²) in [5.74, 6) is -2.60. The molecule has 1 N–H and O–H groups in total. The van der Waals surface area contributed by atoms with Crippen LogP contribution >= 0.6 is 0 Å². The van der Waals surface area contributed by atoms with Crippen LogP contribution in [0.25, 0.3) is 11.0 Å². The molecule has 0 saturated carbocycles. The Labute approximate surface area is 176 Å². The van der Waals surface area contributed by atoms with Gasteiger partial charge >= 0.3 is 6.03 Å². The van der Waals surface area contributed by atoms with E-state index in [1.807, 2.05) is 0 Å². The van der Waals surface area contributed by atoms with Crippen molar-refractivity contribution in [1.82, 2.24) is 9.80 Å². The van der Waals surface area contributed by atoms with Crippen LogP contribution < -0.4 is 5.43 Å². The Kier molecular flexibility index (Phi) is 4.33. The molecule has 2 aromatic rings. The highest BCUT2D eigenvalue weighted by Crippen LogP contribution is 2.42. The number of nitrogens with zero attached hydrogens (tertiary/aromatic N) is 3. The molecule has 4 rings (SSSR count). The summed E-state index contributed by atoms with van der Waals surface area (Å²) >= 11 is 0. The van der Waals surface area contributed by atoms with Crippen LogP contribution in [-0.2, 0) is 14.3 Å². The van der Waals surface area contributed by atoms with Crippen molar-refractivity contribution in [3.63, 3.8) is 0 Å². The van der Waals surface area contributed by atoms with Crippen molar-refractivity contribution in [2.45, 2.75) is 38.0 Å². The van der Waals surface area contributed by atoms with E-state index in [9.17, 15) is 24.3 Å². The van der Waals surface area contributed by atoms with E-state index in [1.54, 1.807) is 39.0 Å². The van der Waals surface area contributed by atoms with Crippen LogP contribution in [0.3, 0.4) is 0 Å². The first-order valence-electron chi connectivity index (χ1n) is 9.53. The van der Waals surface area contributed by atoms with E-state index in [-0.39, 0.29) is 28.2 Å². The Hall–Kier alpha value is -3.53. The molecule has 1 aromatic heterocycles. The largest absolute Gasteiger partial charge is 0.462 e. The monoisotopic (exact) mass is 427 g/mol. The maximum Gasteiger partial charge on any atom is 0.333 e. The van der Waals surface area contributed by atoms with Gasteiger partial charge < -0.3 is 14.3 Å². The lowest BCUT2D eigenvalue weighted by molar-refractivity contribution is -0.179. The fourth-order valence-electron chi connectivity index (χ4n) is 3.68. The second-order valence-corrected chi connectivity index (χ2v) is 8.53. The lowest BCUT2D eigenvalue weighted by Gasteiger charge is -2.40. The quantitative estimate of drug-likeness (QED) is 0.677. The Bertz CT molecular complexity index is 1210. The number of imide groups is 2. The normalized spacial score (nSPS) is 22.3. The Morgan fingerprint density at radius 3 is 2.19 bits per heavy atom. The van der Waals surface area contributed by atoms with Gasteiger partial charge in [-0.3, -0.25) is 24.2 Å². The number of hydrogen-bond donors (Lipinski definition) is 1. The molecule has 0 radical (unpaired) electrons. The second-order valence-electron chi connectivity index (χ2n) is 8.53. The fourth-order valence-corrected chi connectivity index (χ4v) is 3.68. The molecule has 4 amide bonds. The number of urea groups is 1. The van der Waals surface area contributed by atoms with Gasteiger partial charge in [0.15, 0.2) is 11.9 Å². The molecule has 10 nitrogen and oxygen atoms in total. The van der Waals surface area contributed by atoms with Gasteiger partial charge in [-0.1, -0.05) is 12.1 Å². The lowest BCUT2D eigenvalue weighted by atomic mass is 9.87. The summed E-state index contributed by atoms with van der Waals surface area (Å²) in [5.41, 5.74) is -4.05. The van der Waals surface area contributed by atoms with Gasteiger partial charge in [0.25, 0.3) is 23.3 Å². The van der Waals surface area contributed by atoms with Gasteiger partial charge in [-0.05, 0) is 32.9 Å². The molecule has 2 aliphatic heterocycles. The SMILES string of the molecule is CN1C(=O)N(C)C(=O)C(O)(C2OC(=NC(C)(C)C)c3oc4ccccc4c(=O)c32)C1=O. The zero-order valence-corrected chi connectivity index (χ0v) is 17.6. The molecular weight excluding hydrogens is 406 g/mol. The van der Waals surface area contributed by atoms with Crippen molar-refractivity contribution < 1.29 is 28.6 Å². The standard InChI is InChI=1S/C21H21N3O7/c1-20(2,3)22-16-14-12(13(25)10-8-6-7-9-11(10)30-14)15(31-16)21(29)17(26)23(4)19(28)24(5)18(21)27/h6-9,15,29H,1-5H3. The number of carbonyl (C=O) groups is 3. The minimum atomic E-state index is -2.86. The van der Waals surface area contributed by atoms with Crippen LogP contribution in [-0.4, -0.2) is 63.9 Å². The van der Waals surface area contributed by atoms with E-state index in [1.165, 1.54) is 6.07 Å². The predicted octanol–water partition coefficient (Wildman–Crippen LogP) is 1.19. The number of carbonyl (C=O) groups excluding carboxylic acids is 3. The average molecular weight is 427 g/mol. The molecule has 0 bridgehead atoms. The minimum absolute atomic E-state index is 0.0696. The van der Waals surface area contributed by atoms with Crippen molar-refractivity contribution in [1.29, 1.82) is 0 Å². The highest BCUT2D eigenvalue weighted by atomic mass is 16.5. The van der Waals surface area contributed by atoms with E-state index >= 15 is 0 Å². The number of fused-ring (bicyclic) bond motifs is 2. The first kappa shape index (κ1) is 20.7. The van der Waals surface area contributed by atoms with Crippen LogP contribution in [0.5, 0.6) is 0 Å². The zero-order chi connectivity index (χ0) is 22.9. The van der Waals surface area contributed by atoms with E-state index in [2.05, 4.69) is 4.99 Å². The van der Waals surface area contributed by atoms with E-state index in [0.29, 0.717) is 9.80 Å².